The maximum Gasteiger partial charge on any atom is 0.0576 e. The third-order valence-electron chi connectivity index (χ3n) is 4.44. The van der Waals surface area contributed by atoms with Gasteiger partial charge >= 0.3 is 0 Å². The zero-order chi connectivity index (χ0) is 14.0. The summed E-state index contributed by atoms with van der Waals surface area (Å²) in [5.74, 6) is 0.760. The van der Waals surface area contributed by atoms with Crippen LogP contribution in [-0.4, -0.2) is 31.6 Å². The first-order chi connectivity index (χ1) is 8.88. The second kappa shape index (κ2) is 5.41. The Morgan fingerprint density at radius 3 is 2.79 bits per heavy atom. The number of nitrogen functional groups attached to an aromatic ring is 1. The molecule has 0 spiro atoms. The maximum atomic E-state index is 6.02. The largest absolute Gasteiger partial charge is 0.397 e. The number of aryl methyl sites for hydroxylation is 1. The molecule has 1 fully saturated rings. The van der Waals surface area contributed by atoms with Gasteiger partial charge in [0.25, 0.3) is 0 Å². The van der Waals surface area contributed by atoms with E-state index in [1.807, 2.05) is 6.07 Å². The first kappa shape index (κ1) is 14.2. The zero-order valence-corrected chi connectivity index (χ0v) is 12.7. The molecule has 1 aliphatic rings. The van der Waals surface area contributed by atoms with Crippen molar-refractivity contribution in [1.29, 1.82) is 0 Å². The average Bonchev–Trinajstić information content (AvgIpc) is 2.78. The van der Waals surface area contributed by atoms with Gasteiger partial charge in [-0.1, -0.05) is 19.9 Å². The Bertz CT molecular complexity index is 440. The van der Waals surface area contributed by atoms with Gasteiger partial charge < -0.3 is 16.0 Å². The molecule has 1 aliphatic heterocycles. The van der Waals surface area contributed by atoms with Gasteiger partial charge in [-0.25, -0.2) is 0 Å². The number of hydrogen-bond acceptors (Lipinski definition) is 3. The topological polar surface area (TPSA) is 41.3 Å². The summed E-state index contributed by atoms with van der Waals surface area (Å²) in [5, 5.41) is 3.54. The van der Waals surface area contributed by atoms with Crippen LogP contribution < -0.4 is 11.1 Å². The molecule has 3 N–H and O–H groups in total. The summed E-state index contributed by atoms with van der Waals surface area (Å²) in [4.78, 5) is 2.42. The Morgan fingerprint density at radius 2 is 2.16 bits per heavy atom. The van der Waals surface area contributed by atoms with Crippen molar-refractivity contribution in [2.75, 3.05) is 37.7 Å². The molecule has 0 radical (unpaired) electrons. The van der Waals surface area contributed by atoms with Crippen LogP contribution in [0, 0.1) is 18.3 Å². The van der Waals surface area contributed by atoms with Crippen LogP contribution in [0.4, 0.5) is 11.4 Å². The van der Waals surface area contributed by atoms with E-state index in [1.165, 1.54) is 25.1 Å². The summed E-state index contributed by atoms with van der Waals surface area (Å²) in [7, 11) is 2.21. The van der Waals surface area contributed by atoms with Crippen LogP contribution >= 0.6 is 0 Å². The maximum absolute atomic E-state index is 6.02. The fourth-order valence-corrected chi connectivity index (χ4v) is 2.86. The van der Waals surface area contributed by atoms with Gasteiger partial charge in [0.15, 0.2) is 0 Å². The number of benzene rings is 1. The van der Waals surface area contributed by atoms with Crippen molar-refractivity contribution < 1.29 is 0 Å². The van der Waals surface area contributed by atoms with Gasteiger partial charge in [0.2, 0.25) is 0 Å². The highest BCUT2D eigenvalue weighted by molar-refractivity contribution is 5.66. The van der Waals surface area contributed by atoms with E-state index in [2.05, 4.69) is 50.2 Å². The van der Waals surface area contributed by atoms with E-state index >= 15 is 0 Å². The minimum absolute atomic E-state index is 0.293. The number of hydrogen-bond donors (Lipinski definition) is 2. The van der Waals surface area contributed by atoms with Gasteiger partial charge in [-0.05, 0) is 56.0 Å². The minimum Gasteiger partial charge on any atom is -0.397 e. The van der Waals surface area contributed by atoms with Crippen molar-refractivity contribution in [3.63, 3.8) is 0 Å². The summed E-state index contributed by atoms with van der Waals surface area (Å²) in [6.45, 7) is 10.2. The summed E-state index contributed by atoms with van der Waals surface area (Å²) in [5.41, 5.74) is 9.47. The second-order valence-corrected chi connectivity index (χ2v) is 6.68. The van der Waals surface area contributed by atoms with Crippen molar-refractivity contribution in [3.05, 3.63) is 23.8 Å². The molecule has 1 aromatic carbocycles. The molecule has 0 aliphatic carbocycles. The SMILES string of the molecule is Cc1ccc(N)c(NCC(C)(C)C2CCN(C)C2)c1. The molecule has 1 unspecified atom stereocenters. The van der Waals surface area contributed by atoms with Crippen LogP contribution in [0.25, 0.3) is 0 Å². The molecule has 3 heteroatoms. The predicted molar refractivity (Wildman–Crippen MR) is 83.5 cm³/mol. The molecule has 0 saturated carbocycles. The van der Waals surface area contributed by atoms with E-state index in [-0.39, 0.29) is 0 Å². The molecule has 0 bridgehead atoms. The van der Waals surface area contributed by atoms with Gasteiger partial charge in [0, 0.05) is 13.1 Å². The molecule has 0 amide bonds. The number of likely N-dealkylation sites (tertiary alicyclic amines) is 1. The molecule has 2 rings (SSSR count). The predicted octanol–water partition coefficient (Wildman–Crippen LogP) is 2.97. The molecule has 106 valence electrons. The number of rotatable bonds is 4. The second-order valence-electron chi connectivity index (χ2n) is 6.68. The quantitative estimate of drug-likeness (QED) is 0.819. The highest BCUT2D eigenvalue weighted by Crippen LogP contribution is 2.34. The van der Waals surface area contributed by atoms with Crippen LogP contribution in [0.5, 0.6) is 0 Å². The lowest BCUT2D eigenvalue weighted by Gasteiger charge is -2.32. The van der Waals surface area contributed by atoms with E-state index < -0.39 is 0 Å². The molecule has 19 heavy (non-hydrogen) atoms. The Kier molecular flexibility index (Phi) is 4.04. The minimum atomic E-state index is 0.293. The van der Waals surface area contributed by atoms with Crippen molar-refractivity contribution in [3.8, 4) is 0 Å². The van der Waals surface area contributed by atoms with E-state index in [4.69, 9.17) is 5.73 Å². The van der Waals surface area contributed by atoms with Crippen molar-refractivity contribution in [1.82, 2.24) is 4.90 Å². The summed E-state index contributed by atoms with van der Waals surface area (Å²) in [6, 6.07) is 6.16. The lowest BCUT2D eigenvalue weighted by Crippen LogP contribution is -2.33. The Labute approximate surface area is 117 Å². The van der Waals surface area contributed by atoms with Crippen LogP contribution in [0.1, 0.15) is 25.8 Å². The highest BCUT2D eigenvalue weighted by atomic mass is 15.1. The molecule has 1 saturated heterocycles. The standard InChI is InChI=1S/C16H27N3/c1-12-5-6-14(17)15(9-12)18-11-16(2,3)13-7-8-19(4)10-13/h5-6,9,13,18H,7-8,10-11,17H2,1-4H3. The lowest BCUT2D eigenvalue weighted by molar-refractivity contribution is 0.231. The number of nitrogens with two attached hydrogens (primary N) is 1. The molecular weight excluding hydrogens is 234 g/mol. The van der Waals surface area contributed by atoms with E-state index in [1.54, 1.807) is 0 Å². The molecule has 1 heterocycles. The van der Waals surface area contributed by atoms with Crippen LogP contribution in [-0.2, 0) is 0 Å². The first-order valence-corrected chi connectivity index (χ1v) is 7.17. The van der Waals surface area contributed by atoms with Gasteiger partial charge in [-0.15, -0.1) is 0 Å². The molecule has 0 aromatic heterocycles. The summed E-state index contributed by atoms with van der Waals surface area (Å²) >= 11 is 0. The van der Waals surface area contributed by atoms with Gasteiger partial charge in [-0.2, -0.15) is 0 Å². The molecule has 3 nitrogen and oxygen atoms in total. The van der Waals surface area contributed by atoms with E-state index in [9.17, 15) is 0 Å². The van der Waals surface area contributed by atoms with Crippen LogP contribution in [0.15, 0.2) is 18.2 Å². The number of anilines is 2. The third kappa shape index (κ3) is 3.41. The average molecular weight is 261 g/mol. The Balaban J connectivity index is 1.99. The van der Waals surface area contributed by atoms with Gasteiger partial charge in [0.1, 0.15) is 0 Å². The zero-order valence-electron chi connectivity index (χ0n) is 12.7. The summed E-state index contributed by atoms with van der Waals surface area (Å²) < 4.78 is 0. The first-order valence-electron chi connectivity index (χ1n) is 7.17. The number of nitrogens with one attached hydrogen (secondary N) is 1. The van der Waals surface area contributed by atoms with Crippen molar-refractivity contribution in [2.45, 2.75) is 27.2 Å². The van der Waals surface area contributed by atoms with Gasteiger partial charge in [-0.3, -0.25) is 0 Å². The Morgan fingerprint density at radius 1 is 1.42 bits per heavy atom. The fraction of sp³-hybridized carbons (Fsp3) is 0.625. The van der Waals surface area contributed by atoms with Gasteiger partial charge in [0.05, 0.1) is 11.4 Å². The number of nitrogens with zero attached hydrogens (tertiary/aromatic N) is 1. The van der Waals surface area contributed by atoms with Crippen LogP contribution in [0.3, 0.4) is 0 Å². The van der Waals surface area contributed by atoms with E-state index in [0.717, 1.165) is 23.8 Å². The smallest absolute Gasteiger partial charge is 0.0576 e. The third-order valence-corrected chi connectivity index (χ3v) is 4.44. The molecule has 1 atom stereocenters. The normalized spacial score (nSPS) is 20.7. The Hall–Kier alpha value is -1.22. The van der Waals surface area contributed by atoms with E-state index in [0.29, 0.717) is 5.41 Å². The van der Waals surface area contributed by atoms with Crippen molar-refractivity contribution in [2.24, 2.45) is 11.3 Å². The van der Waals surface area contributed by atoms with Crippen molar-refractivity contribution >= 4 is 11.4 Å². The molecule has 1 aromatic rings. The van der Waals surface area contributed by atoms with Crippen LogP contribution in [0.2, 0.25) is 0 Å². The monoisotopic (exact) mass is 261 g/mol. The summed E-state index contributed by atoms with van der Waals surface area (Å²) in [6.07, 6.45) is 1.30. The lowest BCUT2D eigenvalue weighted by atomic mass is 9.78. The fourth-order valence-electron chi connectivity index (χ4n) is 2.86. The molecular formula is C16H27N3. The highest BCUT2D eigenvalue weighted by Gasteiger charge is 2.33.